The number of nitrogens with zero attached hydrogens (tertiary/aromatic N) is 1. The van der Waals surface area contributed by atoms with E-state index in [-0.39, 0.29) is 30.7 Å². The highest BCUT2D eigenvalue weighted by atomic mass is 35.5. The van der Waals surface area contributed by atoms with Gasteiger partial charge in [-0.05, 0) is 48.4 Å². The standard InChI is InChI=1S/C23H31N3O.2ClH/c1-18-6-5-13-26(16-18)17-21-11-9-20(10-12-21)15-25-23(27)22(24)14-19-7-3-2-4-8-19;;/h2-4,7-12,18,22H,5-6,13-17,24H2,1H3,(H,25,27);2*1H. The largest absolute Gasteiger partial charge is 0.351 e. The number of rotatable bonds is 7. The second-order valence-corrected chi connectivity index (χ2v) is 7.81. The Morgan fingerprint density at radius 2 is 1.72 bits per heavy atom. The van der Waals surface area contributed by atoms with Gasteiger partial charge >= 0.3 is 0 Å². The normalized spacial score (nSPS) is 17.5. The average molecular weight is 438 g/mol. The molecule has 2 aromatic carbocycles. The lowest BCUT2D eigenvalue weighted by Gasteiger charge is -2.30. The van der Waals surface area contributed by atoms with Crippen LogP contribution in [-0.4, -0.2) is 29.9 Å². The first-order valence-corrected chi connectivity index (χ1v) is 9.97. The maximum atomic E-state index is 12.2. The van der Waals surface area contributed by atoms with Crippen LogP contribution >= 0.6 is 24.8 Å². The predicted octanol–water partition coefficient (Wildman–Crippen LogP) is 3.95. The molecule has 6 heteroatoms. The molecule has 3 N–H and O–H groups in total. The van der Waals surface area contributed by atoms with Crippen LogP contribution in [0.4, 0.5) is 0 Å². The minimum Gasteiger partial charge on any atom is -0.351 e. The van der Waals surface area contributed by atoms with Gasteiger partial charge in [0.2, 0.25) is 5.91 Å². The van der Waals surface area contributed by atoms with Gasteiger partial charge < -0.3 is 11.1 Å². The van der Waals surface area contributed by atoms with Crippen LogP contribution in [0.5, 0.6) is 0 Å². The maximum absolute atomic E-state index is 12.2. The quantitative estimate of drug-likeness (QED) is 0.689. The number of nitrogens with two attached hydrogens (primary N) is 1. The van der Waals surface area contributed by atoms with Crippen LogP contribution in [0.3, 0.4) is 0 Å². The highest BCUT2D eigenvalue weighted by Gasteiger charge is 2.16. The molecule has 0 saturated carbocycles. The summed E-state index contributed by atoms with van der Waals surface area (Å²) >= 11 is 0. The lowest BCUT2D eigenvalue weighted by Crippen LogP contribution is -2.41. The Morgan fingerprint density at radius 1 is 1.07 bits per heavy atom. The molecule has 0 bridgehead atoms. The topological polar surface area (TPSA) is 58.4 Å². The van der Waals surface area contributed by atoms with Crippen molar-refractivity contribution in [2.45, 2.75) is 45.3 Å². The molecule has 2 atom stereocenters. The summed E-state index contributed by atoms with van der Waals surface area (Å²) in [6, 6.07) is 17.9. The van der Waals surface area contributed by atoms with Crippen molar-refractivity contribution in [2.24, 2.45) is 11.7 Å². The van der Waals surface area contributed by atoms with E-state index in [0.29, 0.717) is 13.0 Å². The van der Waals surface area contributed by atoms with E-state index in [1.165, 1.54) is 31.5 Å². The Hall–Kier alpha value is -1.59. The van der Waals surface area contributed by atoms with Gasteiger partial charge in [-0.25, -0.2) is 0 Å². The van der Waals surface area contributed by atoms with Gasteiger partial charge in [-0.2, -0.15) is 0 Å². The smallest absolute Gasteiger partial charge is 0.237 e. The summed E-state index contributed by atoms with van der Waals surface area (Å²) in [7, 11) is 0. The first-order valence-electron chi connectivity index (χ1n) is 9.97. The lowest BCUT2D eigenvalue weighted by atomic mass is 9.99. The molecule has 0 radical (unpaired) electrons. The van der Waals surface area contributed by atoms with Gasteiger partial charge in [0.15, 0.2) is 0 Å². The lowest BCUT2D eigenvalue weighted by molar-refractivity contribution is -0.122. The number of likely N-dealkylation sites (tertiary alicyclic amines) is 1. The van der Waals surface area contributed by atoms with Crippen molar-refractivity contribution in [3.05, 3.63) is 71.3 Å². The number of benzene rings is 2. The molecule has 4 nitrogen and oxygen atoms in total. The molecule has 160 valence electrons. The van der Waals surface area contributed by atoms with E-state index in [2.05, 4.69) is 41.4 Å². The number of amides is 1. The number of hydrogen-bond acceptors (Lipinski definition) is 3. The Morgan fingerprint density at radius 3 is 2.38 bits per heavy atom. The molecule has 1 amide bonds. The number of carbonyl (C=O) groups is 1. The molecule has 1 fully saturated rings. The molecule has 2 unspecified atom stereocenters. The molecule has 29 heavy (non-hydrogen) atoms. The molecule has 0 aromatic heterocycles. The number of nitrogens with one attached hydrogen (secondary N) is 1. The fraction of sp³-hybridized carbons (Fsp3) is 0.435. The van der Waals surface area contributed by atoms with Crippen LogP contribution in [0.1, 0.15) is 36.5 Å². The molecule has 1 aliphatic heterocycles. The first-order chi connectivity index (χ1) is 13.1. The van der Waals surface area contributed by atoms with Crippen LogP contribution in [0, 0.1) is 5.92 Å². The maximum Gasteiger partial charge on any atom is 0.237 e. The van der Waals surface area contributed by atoms with Crippen molar-refractivity contribution in [1.82, 2.24) is 10.2 Å². The van der Waals surface area contributed by atoms with Crippen molar-refractivity contribution in [2.75, 3.05) is 13.1 Å². The summed E-state index contributed by atoms with van der Waals surface area (Å²) in [6.45, 7) is 6.25. The van der Waals surface area contributed by atoms with Gasteiger partial charge in [0.1, 0.15) is 0 Å². The van der Waals surface area contributed by atoms with Gasteiger partial charge in [-0.1, -0.05) is 61.5 Å². The minimum atomic E-state index is -0.521. The summed E-state index contributed by atoms with van der Waals surface area (Å²) in [6.07, 6.45) is 3.20. The van der Waals surface area contributed by atoms with Crippen molar-refractivity contribution < 1.29 is 4.79 Å². The van der Waals surface area contributed by atoms with E-state index >= 15 is 0 Å². The average Bonchev–Trinajstić information content (AvgIpc) is 2.68. The van der Waals surface area contributed by atoms with Gasteiger partial charge in [-0.15, -0.1) is 24.8 Å². The Kier molecular flexibility index (Phi) is 11.3. The zero-order valence-corrected chi connectivity index (χ0v) is 18.7. The first kappa shape index (κ1) is 25.4. The molecule has 0 aliphatic carbocycles. The zero-order valence-electron chi connectivity index (χ0n) is 17.0. The van der Waals surface area contributed by atoms with Crippen LogP contribution in [0.2, 0.25) is 0 Å². The zero-order chi connectivity index (χ0) is 19.1. The van der Waals surface area contributed by atoms with E-state index in [1.807, 2.05) is 30.3 Å². The van der Waals surface area contributed by atoms with Gasteiger partial charge in [0, 0.05) is 19.6 Å². The van der Waals surface area contributed by atoms with Gasteiger partial charge in [-0.3, -0.25) is 9.69 Å². The fourth-order valence-electron chi connectivity index (χ4n) is 3.73. The van der Waals surface area contributed by atoms with Gasteiger partial charge in [0.25, 0.3) is 0 Å². The van der Waals surface area contributed by atoms with Gasteiger partial charge in [0.05, 0.1) is 6.04 Å². The van der Waals surface area contributed by atoms with Crippen LogP contribution in [-0.2, 0) is 24.3 Å². The molecular weight excluding hydrogens is 405 g/mol. The van der Waals surface area contributed by atoms with E-state index in [4.69, 9.17) is 5.73 Å². The van der Waals surface area contributed by atoms with Crippen molar-refractivity contribution in [3.8, 4) is 0 Å². The molecular formula is C23H33Cl2N3O. The predicted molar refractivity (Wildman–Crippen MR) is 125 cm³/mol. The van der Waals surface area contributed by atoms with Crippen molar-refractivity contribution in [3.63, 3.8) is 0 Å². The Balaban J connectivity index is 0.00000210. The van der Waals surface area contributed by atoms with E-state index in [0.717, 1.165) is 23.6 Å². The number of piperidine rings is 1. The summed E-state index contributed by atoms with van der Waals surface area (Å²) in [4.78, 5) is 14.8. The third kappa shape index (κ3) is 8.35. The molecule has 3 rings (SSSR count). The third-order valence-corrected chi connectivity index (χ3v) is 5.27. The van der Waals surface area contributed by atoms with Crippen LogP contribution in [0.15, 0.2) is 54.6 Å². The number of carbonyl (C=O) groups excluding carboxylic acids is 1. The molecule has 0 spiro atoms. The number of halogens is 2. The monoisotopic (exact) mass is 437 g/mol. The summed E-state index contributed by atoms with van der Waals surface area (Å²) in [5, 5.41) is 2.95. The summed E-state index contributed by atoms with van der Waals surface area (Å²) in [5.41, 5.74) is 9.55. The van der Waals surface area contributed by atoms with E-state index in [9.17, 15) is 4.79 Å². The molecule has 1 aliphatic rings. The number of hydrogen-bond donors (Lipinski definition) is 2. The van der Waals surface area contributed by atoms with Crippen molar-refractivity contribution in [1.29, 1.82) is 0 Å². The van der Waals surface area contributed by atoms with Crippen LogP contribution < -0.4 is 11.1 Å². The second kappa shape index (κ2) is 12.9. The van der Waals surface area contributed by atoms with E-state index in [1.54, 1.807) is 0 Å². The Bertz CT molecular complexity index is 725. The SMILES string of the molecule is CC1CCCN(Cc2ccc(CNC(=O)C(N)Cc3ccccc3)cc2)C1.Cl.Cl. The third-order valence-electron chi connectivity index (χ3n) is 5.27. The van der Waals surface area contributed by atoms with E-state index < -0.39 is 6.04 Å². The van der Waals surface area contributed by atoms with Crippen LogP contribution in [0.25, 0.3) is 0 Å². The molecule has 2 aromatic rings. The second-order valence-electron chi connectivity index (χ2n) is 7.81. The minimum absolute atomic E-state index is 0. The highest BCUT2D eigenvalue weighted by Crippen LogP contribution is 2.18. The van der Waals surface area contributed by atoms with Crippen molar-refractivity contribution >= 4 is 30.7 Å². The summed E-state index contributed by atoms with van der Waals surface area (Å²) in [5.74, 6) is 0.693. The Labute approximate surface area is 187 Å². The summed E-state index contributed by atoms with van der Waals surface area (Å²) < 4.78 is 0. The fourth-order valence-corrected chi connectivity index (χ4v) is 3.73. The molecule has 1 heterocycles. The highest BCUT2D eigenvalue weighted by molar-refractivity contribution is 5.85. The molecule has 1 saturated heterocycles.